The first-order chi connectivity index (χ1) is 8.47. The monoisotopic (exact) mass is 251 g/mol. The van der Waals surface area contributed by atoms with Crippen molar-refractivity contribution in [3.05, 3.63) is 39.9 Å². The molecule has 0 spiro atoms. The second-order valence-electron chi connectivity index (χ2n) is 3.85. The molecule has 1 rings (SSSR count). The second-order valence-corrected chi connectivity index (χ2v) is 3.85. The Balaban J connectivity index is 2.95. The SMILES string of the molecule is CCCC(C(=O)O)C(=O)c1ccc([N+](=O)[O-])cc1. The molecule has 96 valence electrons. The van der Waals surface area contributed by atoms with Gasteiger partial charge in [-0.15, -0.1) is 0 Å². The zero-order valence-electron chi connectivity index (χ0n) is 9.83. The normalized spacial score (nSPS) is 11.8. The number of carbonyl (C=O) groups is 2. The highest BCUT2D eigenvalue weighted by atomic mass is 16.6. The van der Waals surface area contributed by atoms with Gasteiger partial charge in [0.25, 0.3) is 5.69 Å². The van der Waals surface area contributed by atoms with Gasteiger partial charge in [-0.05, 0) is 18.6 Å². The highest BCUT2D eigenvalue weighted by Crippen LogP contribution is 2.18. The third-order valence-electron chi connectivity index (χ3n) is 2.55. The van der Waals surface area contributed by atoms with Crippen LogP contribution in [0.1, 0.15) is 30.1 Å². The maximum Gasteiger partial charge on any atom is 0.314 e. The molecule has 1 aromatic carbocycles. The maximum absolute atomic E-state index is 11.9. The molecule has 0 fully saturated rings. The molecule has 18 heavy (non-hydrogen) atoms. The van der Waals surface area contributed by atoms with Crippen LogP contribution < -0.4 is 0 Å². The van der Waals surface area contributed by atoms with Crippen molar-refractivity contribution in [1.82, 2.24) is 0 Å². The van der Waals surface area contributed by atoms with Crippen LogP contribution in [0.25, 0.3) is 0 Å². The Morgan fingerprint density at radius 2 is 1.89 bits per heavy atom. The van der Waals surface area contributed by atoms with E-state index in [4.69, 9.17) is 5.11 Å². The molecule has 0 aliphatic heterocycles. The van der Waals surface area contributed by atoms with Crippen LogP contribution in [-0.2, 0) is 4.79 Å². The van der Waals surface area contributed by atoms with Gasteiger partial charge < -0.3 is 5.11 Å². The van der Waals surface area contributed by atoms with Gasteiger partial charge in [-0.3, -0.25) is 19.7 Å². The van der Waals surface area contributed by atoms with Gasteiger partial charge in [0.1, 0.15) is 5.92 Å². The number of carboxylic acids is 1. The number of hydrogen-bond donors (Lipinski definition) is 1. The first kappa shape index (κ1) is 13.8. The third kappa shape index (κ3) is 3.13. The van der Waals surface area contributed by atoms with E-state index in [1.54, 1.807) is 6.92 Å². The summed E-state index contributed by atoms with van der Waals surface area (Å²) in [4.78, 5) is 32.7. The van der Waals surface area contributed by atoms with E-state index in [2.05, 4.69) is 0 Å². The molecule has 0 saturated heterocycles. The number of hydrogen-bond acceptors (Lipinski definition) is 4. The van der Waals surface area contributed by atoms with Gasteiger partial charge in [0, 0.05) is 17.7 Å². The van der Waals surface area contributed by atoms with Crippen molar-refractivity contribution in [3.8, 4) is 0 Å². The Morgan fingerprint density at radius 3 is 2.28 bits per heavy atom. The zero-order valence-corrected chi connectivity index (χ0v) is 9.83. The number of rotatable bonds is 6. The number of aliphatic carboxylic acids is 1. The van der Waals surface area contributed by atoms with E-state index < -0.39 is 22.6 Å². The topological polar surface area (TPSA) is 97.5 Å². The molecular formula is C12H13NO5. The van der Waals surface area contributed by atoms with Crippen LogP contribution in [0.5, 0.6) is 0 Å². The molecule has 0 radical (unpaired) electrons. The van der Waals surface area contributed by atoms with Crippen molar-refractivity contribution in [2.75, 3.05) is 0 Å². The number of Topliss-reactive ketones (excluding diaryl/α,β-unsaturated/α-hetero) is 1. The number of ketones is 1. The molecule has 0 aliphatic carbocycles. The summed E-state index contributed by atoms with van der Waals surface area (Å²) in [7, 11) is 0. The number of benzene rings is 1. The summed E-state index contributed by atoms with van der Waals surface area (Å²) in [5, 5.41) is 19.4. The average molecular weight is 251 g/mol. The van der Waals surface area contributed by atoms with Gasteiger partial charge in [0.05, 0.1) is 4.92 Å². The molecule has 1 unspecified atom stereocenters. The van der Waals surface area contributed by atoms with Crippen LogP contribution in [-0.4, -0.2) is 21.8 Å². The van der Waals surface area contributed by atoms with E-state index in [1.165, 1.54) is 24.3 Å². The van der Waals surface area contributed by atoms with Gasteiger partial charge in [-0.1, -0.05) is 13.3 Å². The summed E-state index contributed by atoms with van der Waals surface area (Å²) in [5.74, 6) is -2.77. The van der Waals surface area contributed by atoms with E-state index >= 15 is 0 Å². The molecule has 1 atom stereocenters. The van der Waals surface area contributed by atoms with Gasteiger partial charge >= 0.3 is 5.97 Å². The van der Waals surface area contributed by atoms with Crippen molar-refractivity contribution >= 4 is 17.4 Å². The van der Waals surface area contributed by atoms with Crippen LogP contribution in [0.3, 0.4) is 0 Å². The summed E-state index contributed by atoms with van der Waals surface area (Å²) in [6.07, 6.45) is 0.834. The third-order valence-corrected chi connectivity index (χ3v) is 2.55. The first-order valence-electron chi connectivity index (χ1n) is 5.48. The Hall–Kier alpha value is -2.24. The molecule has 0 heterocycles. The Bertz CT molecular complexity index is 466. The highest BCUT2D eigenvalue weighted by Gasteiger charge is 2.26. The molecule has 1 aromatic rings. The minimum Gasteiger partial charge on any atom is -0.481 e. The van der Waals surface area contributed by atoms with Gasteiger partial charge in [-0.25, -0.2) is 0 Å². The number of carbonyl (C=O) groups excluding carboxylic acids is 1. The fourth-order valence-electron chi connectivity index (χ4n) is 1.60. The maximum atomic E-state index is 11.9. The van der Waals surface area contributed by atoms with Gasteiger partial charge in [-0.2, -0.15) is 0 Å². The number of nitrogens with zero attached hydrogens (tertiary/aromatic N) is 1. The van der Waals surface area contributed by atoms with Crippen molar-refractivity contribution in [3.63, 3.8) is 0 Å². The van der Waals surface area contributed by atoms with E-state index in [9.17, 15) is 19.7 Å². The number of nitro groups is 1. The number of non-ortho nitro benzene ring substituents is 1. The lowest BCUT2D eigenvalue weighted by molar-refractivity contribution is -0.384. The summed E-state index contributed by atoms with van der Waals surface area (Å²) in [6.45, 7) is 1.79. The second kappa shape index (κ2) is 5.90. The number of nitro benzene ring substituents is 1. The van der Waals surface area contributed by atoms with Crippen molar-refractivity contribution in [2.45, 2.75) is 19.8 Å². The summed E-state index contributed by atoms with van der Waals surface area (Å²) >= 11 is 0. The van der Waals surface area contributed by atoms with E-state index in [1.807, 2.05) is 0 Å². The van der Waals surface area contributed by atoms with Crippen molar-refractivity contribution in [2.24, 2.45) is 5.92 Å². The van der Waals surface area contributed by atoms with Crippen LogP contribution in [0.15, 0.2) is 24.3 Å². The van der Waals surface area contributed by atoms with Crippen LogP contribution in [0.4, 0.5) is 5.69 Å². The van der Waals surface area contributed by atoms with E-state index in [-0.39, 0.29) is 17.7 Å². The number of carboxylic acid groups (broad SMARTS) is 1. The van der Waals surface area contributed by atoms with Crippen LogP contribution in [0.2, 0.25) is 0 Å². The average Bonchev–Trinajstić information content (AvgIpc) is 2.35. The van der Waals surface area contributed by atoms with Crippen LogP contribution in [0, 0.1) is 16.0 Å². The molecule has 6 nitrogen and oxygen atoms in total. The van der Waals surface area contributed by atoms with Crippen molar-refractivity contribution in [1.29, 1.82) is 0 Å². The standard InChI is InChI=1S/C12H13NO5/c1-2-3-10(12(15)16)11(14)8-4-6-9(7-5-8)13(17)18/h4-7,10H,2-3H2,1H3,(H,15,16). The molecule has 0 bridgehead atoms. The first-order valence-corrected chi connectivity index (χ1v) is 5.48. The highest BCUT2D eigenvalue weighted by molar-refractivity contribution is 6.08. The fourth-order valence-corrected chi connectivity index (χ4v) is 1.60. The fraction of sp³-hybridized carbons (Fsp3) is 0.333. The molecule has 0 amide bonds. The Labute approximate surface area is 103 Å². The lowest BCUT2D eigenvalue weighted by Crippen LogP contribution is -2.23. The Morgan fingerprint density at radius 1 is 1.33 bits per heavy atom. The molecule has 0 aromatic heterocycles. The summed E-state index contributed by atoms with van der Waals surface area (Å²) in [5.41, 5.74) is 0.0513. The lowest BCUT2D eigenvalue weighted by atomic mass is 9.93. The molecule has 1 N–H and O–H groups in total. The molecule has 0 aliphatic rings. The quantitative estimate of drug-likeness (QED) is 0.362. The van der Waals surface area contributed by atoms with Crippen molar-refractivity contribution < 1.29 is 19.6 Å². The Kier molecular flexibility index (Phi) is 4.53. The molecular weight excluding hydrogens is 238 g/mol. The predicted octanol–water partition coefficient (Wildman–Crippen LogP) is 2.28. The van der Waals surface area contributed by atoms with Crippen LogP contribution >= 0.6 is 0 Å². The van der Waals surface area contributed by atoms with Gasteiger partial charge in [0.2, 0.25) is 0 Å². The smallest absolute Gasteiger partial charge is 0.314 e. The lowest BCUT2D eigenvalue weighted by Gasteiger charge is -2.09. The largest absolute Gasteiger partial charge is 0.481 e. The minimum absolute atomic E-state index is 0.131. The summed E-state index contributed by atoms with van der Waals surface area (Å²) < 4.78 is 0. The van der Waals surface area contributed by atoms with E-state index in [0.717, 1.165) is 0 Å². The molecule has 6 heteroatoms. The minimum atomic E-state index is -1.17. The van der Waals surface area contributed by atoms with E-state index in [0.29, 0.717) is 6.42 Å². The molecule has 0 saturated carbocycles. The van der Waals surface area contributed by atoms with Gasteiger partial charge in [0.15, 0.2) is 5.78 Å². The zero-order chi connectivity index (χ0) is 13.7. The predicted molar refractivity (Wildman–Crippen MR) is 63.5 cm³/mol. The summed E-state index contributed by atoms with van der Waals surface area (Å²) in [6, 6.07) is 4.95.